The van der Waals surface area contributed by atoms with Gasteiger partial charge in [0, 0.05) is 13.0 Å². The summed E-state index contributed by atoms with van der Waals surface area (Å²) in [6.45, 7) is 1.54. The number of aliphatic hydroxyl groups excluding tert-OH is 15. The van der Waals surface area contributed by atoms with E-state index in [-0.39, 0.29) is 19.6 Å². The van der Waals surface area contributed by atoms with Crippen LogP contribution in [0.15, 0.2) is 0 Å². The second-order valence-corrected chi connectivity index (χ2v) is 18.2. The summed E-state index contributed by atoms with van der Waals surface area (Å²) in [5, 5.41) is 164. The van der Waals surface area contributed by atoms with Crippen molar-refractivity contribution < 1.29 is 129 Å². The van der Waals surface area contributed by atoms with E-state index >= 15 is 0 Å². The van der Waals surface area contributed by atoms with Crippen LogP contribution < -0.4 is 5.73 Å². The first-order chi connectivity index (χ1) is 32.3. The highest BCUT2D eigenvalue weighted by molar-refractivity contribution is 5.03. The lowest BCUT2D eigenvalue weighted by Gasteiger charge is -2.52. The van der Waals surface area contributed by atoms with Gasteiger partial charge in [0.1, 0.15) is 115 Å². The molecule has 5 aliphatic heterocycles. The Bertz CT molecular complexity index is 1490. The van der Waals surface area contributed by atoms with Crippen molar-refractivity contribution in [1.82, 2.24) is 0 Å². The Kier molecular flexibility index (Phi) is 21.5. The highest BCUT2D eigenvalue weighted by Crippen LogP contribution is 2.40. The van der Waals surface area contributed by atoms with Crippen LogP contribution >= 0.6 is 0 Å². The SMILES string of the molecule is CCC(C)OC1C(O)[C@H](O)C(CO)O[C@@H]1OC1C(O)[C@H](O)C(CO)O[C@@H]1OC1C(O)CC(CO)(CO)O[C@@H]1OC1C(O)[C@@H](OC2C(O)[C@@H](C(C)(CC)OCCN)OC(CO)[C@H]2O)OC(CO)[C@H]1O. The fraction of sp³-hybridized carbons (Fsp3) is 1.00. The summed E-state index contributed by atoms with van der Waals surface area (Å²) in [5.41, 5.74) is 2.39. The van der Waals surface area contributed by atoms with Gasteiger partial charge in [-0.05, 0) is 26.7 Å². The summed E-state index contributed by atoms with van der Waals surface area (Å²) in [6.07, 6.45) is -41.3. The number of nitrogens with two attached hydrogens (primary N) is 1. The number of rotatable bonds is 22. The van der Waals surface area contributed by atoms with Gasteiger partial charge in [0.05, 0.1) is 64.1 Å². The topological polar surface area (TPSA) is 431 Å². The molecule has 17 N–H and O–H groups in total. The molecule has 27 heteroatoms. The van der Waals surface area contributed by atoms with Crippen LogP contribution in [0, 0.1) is 0 Å². The van der Waals surface area contributed by atoms with Crippen molar-refractivity contribution in [2.24, 2.45) is 5.73 Å². The van der Waals surface area contributed by atoms with Gasteiger partial charge >= 0.3 is 0 Å². The number of hydrogen-bond acceptors (Lipinski definition) is 27. The molecule has 16 unspecified atom stereocenters. The Hall–Kier alpha value is -1.08. The van der Waals surface area contributed by atoms with E-state index in [4.69, 9.17) is 57.8 Å². The maximum Gasteiger partial charge on any atom is 0.187 e. The summed E-state index contributed by atoms with van der Waals surface area (Å²) in [6, 6.07) is 0. The first kappa shape index (κ1) is 57.8. The van der Waals surface area contributed by atoms with Crippen LogP contribution in [0.25, 0.3) is 0 Å². The zero-order chi connectivity index (χ0) is 50.4. The molecule has 0 radical (unpaired) electrons. The molecule has 5 rings (SSSR count). The lowest BCUT2D eigenvalue weighted by Crippen LogP contribution is -2.69. The quantitative estimate of drug-likeness (QED) is 0.0479. The zero-order valence-electron chi connectivity index (χ0n) is 38.4. The highest BCUT2D eigenvalue weighted by Gasteiger charge is 2.59. The third-order valence-corrected chi connectivity index (χ3v) is 13.5. The molecule has 5 fully saturated rings. The van der Waals surface area contributed by atoms with Crippen LogP contribution in [0.5, 0.6) is 0 Å². The van der Waals surface area contributed by atoms with Gasteiger partial charge in [-0.25, -0.2) is 0 Å². The molecule has 68 heavy (non-hydrogen) atoms. The van der Waals surface area contributed by atoms with Crippen molar-refractivity contribution in [3.05, 3.63) is 0 Å². The minimum atomic E-state index is -2.14. The molecular formula is C41H75NO26. The largest absolute Gasteiger partial charge is 0.394 e. The summed E-state index contributed by atoms with van der Waals surface area (Å²) in [4.78, 5) is 0. The highest BCUT2D eigenvalue weighted by atomic mass is 16.8. The number of ether oxygens (including phenoxy) is 11. The molecule has 25 atom stereocenters. The van der Waals surface area contributed by atoms with Gasteiger partial charge in [-0.3, -0.25) is 0 Å². The molecule has 0 spiro atoms. The molecule has 0 aromatic rings. The lowest BCUT2D eigenvalue weighted by atomic mass is 9.84. The van der Waals surface area contributed by atoms with Gasteiger partial charge in [0.25, 0.3) is 0 Å². The van der Waals surface area contributed by atoms with Gasteiger partial charge in [-0.15, -0.1) is 0 Å². The van der Waals surface area contributed by atoms with E-state index in [9.17, 15) is 76.6 Å². The van der Waals surface area contributed by atoms with E-state index in [1.54, 1.807) is 27.7 Å². The lowest BCUT2D eigenvalue weighted by molar-refractivity contribution is -0.409. The molecule has 400 valence electrons. The molecular weight excluding hydrogens is 922 g/mol. The maximum atomic E-state index is 11.8. The minimum absolute atomic E-state index is 0.0405. The van der Waals surface area contributed by atoms with Crippen molar-refractivity contribution in [2.75, 3.05) is 52.8 Å². The van der Waals surface area contributed by atoms with Gasteiger partial charge in [-0.1, -0.05) is 13.8 Å². The van der Waals surface area contributed by atoms with Crippen molar-refractivity contribution in [3.63, 3.8) is 0 Å². The van der Waals surface area contributed by atoms with Crippen molar-refractivity contribution in [1.29, 1.82) is 0 Å². The third kappa shape index (κ3) is 12.3. The fourth-order valence-corrected chi connectivity index (χ4v) is 8.92. The van der Waals surface area contributed by atoms with E-state index in [2.05, 4.69) is 0 Å². The minimum Gasteiger partial charge on any atom is -0.394 e. The first-order valence-corrected chi connectivity index (χ1v) is 22.9. The Balaban J connectivity index is 1.47. The molecule has 0 amide bonds. The zero-order valence-corrected chi connectivity index (χ0v) is 38.4. The van der Waals surface area contributed by atoms with Crippen LogP contribution in [0.1, 0.15) is 47.0 Å². The summed E-state index contributed by atoms with van der Waals surface area (Å²) in [7, 11) is 0. The second-order valence-electron chi connectivity index (χ2n) is 18.2. The van der Waals surface area contributed by atoms with Crippen LogP contribution in [0.4, 0.5) is 0 Å². The van der Waals surface area contributed by atoms with Crippen molar-refractivity contribution >= 4 is 0 Å². The molecule has 5 saturated heterocycles. The van der Waals surface area contributed by atoms with Crippen LogP contribution in [0.2, 0.25) is 0 Å². The van der Waals surface area contributed by atoms with E-state index in [1.807, 2.05) is 0 Å². The third-order valence-electron chi connectivity index (χ3n) is 13.5. The first-order valence-electron chi connectivity index (χ1n) is 22.9. The Morgan fingerprint density at radius 1 is 0.559 bits per heavy atom. The average Bonchev–Trinajstić information content (AvgIpc) is 3.33. The van der Waals surface area contributed by atoms with Gasteiger partial charge in [0.15, 0.2) is 25.2 Å². The Morgan fingerprint density at radius 3 is 1.53 bits per heavy atom. The smallest absolute Gasteiger partial charge is 0.187 e. The maximum absolute atomic E-state index is 11.8. The van der Waals surface area contributed by atoms with E-state index in [0.29, 0.717) is 6.42 Å². The van der Waals surface area contributed by atoms with E-state index in [0.717, 1.165) is 0 Å². The molecule has 0 bridgehead atoms. The predicted molar refractivity (Wildman–Crippen MR) is 221 cm³/mol. The molecule has 0 saturated carbocycles. The summed E-state index contributed by atoms with van der Waals surface area (Å²) in [5.74, 6) is 0. The van der Waals surface area contributed by atoms with E-state index in [1.165, 1.54) is 0 Å². The normalized spacial score (nSPS) is 46.0. The number of hydrogen-bond donors (Lipinski definition) is 16. The predicted octanol–water partition coefficient (Wildman–Crippen LogP) is -8.52. The molecule has 5 aliphatic rings. The van der Waals surface area contributed by atoms with Crippen molar-refractivity contribution in [2.45, 2.75) is 205 Å². The Morgan fingerprint density at radius 2 is 1.01 bits per heavy atom. The van der Waals surface area contributed by atoms with Crippen LogP contribution in [-0.4, -0.2) is 288 Å². The molecule has 5 heterocycles. The Labute approximate surface area is 392 Å². The molecule has 0 aliphatic carbocycles. The van der Waals surface area contributed by atoms with Gasteiger partial charge in [-0.2, -0.15) is 0 Å². The van der Waals surface area contributed by atoms with Crippen LogP contribution in [0.3, 0.4) is 0 Å². The molecule has 0 aromatic heterocycles. The molecule has 0 aromatic carbocycles. The average molecular weight is 998 g/mol. The standard InChI is InChI=1S/C41H75NO26/c1-5-16(3)59-33-26(54)22(50)18(10-43)62-37(33)67-34-27(55)23(51)19(11-44)63-38(34)64-30-17(49)9-41(14-47,15-48)68-39(30)66-32-25(53)21(13-46)61-36(29(32)57)65-31-24(52)20(12-45)60-35(28(31)56)40(4,6-2)58-8-7-42/h16-39,43-57H,5-15,42H2,1-4H3/t16?,17?,18?,19?,20?,21?,22-,23-,24-,25-,26?,27?,28?,29?,30?,31?,32?,33?,34?,35+,36-,37-,38-,39+,40?/m1/s1. The number of aliphatic hydroxyl groups is 15. The molecule has 27 nitrogen and oxygen atoms in total. The fourth-order valence-electron chi connectivity index (χ4n) is 8.92. The summed E-state index contributed by atoms with van der Waals surface area (Å²) < 4.78 is 65.4. The van der Waals surface area contributed by atoms with Crippen LogP contribution in [-0.2, 0) is 52.1 Å². The van der Waals surface area contributed by atoms with E-state index < -0.39 is 205 Å². The summed E-state index contributed by atoms with van der Waals surface area (Å²) >= 11 is 0. The second kappa shape index (κ2) is 25.2. The van der Waals surface area contributed by atoms with Gasteiger partial charge in [0.2, 0.25) is 0 Å². The monoisotopic (exact) mass is 997 g/mol. The van der Waals surface area contributed by atoms with Crippen molar-refractivity contribution in [3.8, 4) is 0 Å². The van der Waals surface area contributed by atoms with Gasteiger partial charge < -0.3 is 134 Å².